The van der Waals surface area contributed by atoms with Crippen molar-refractivity contribution in [1.82, 2.24) is 39.9 Å². The van der Waals surface area contributed by atoms with Gasteiger partial charge < -0.3 is 10.2 Å². The van der Waals surface area contributed by atoms with Gasteiger partial charge >= 0.3 is 0 Å². The Hall–Kier alpha value is -4.19. The Kier molecular flexibility index (Phi) is 5.44. The first kappa shape index (κ1) is 22.3. The standard InChI is InChI=1S/C24H23N9O2S/c1-13-9-20-29-30-21(14(2)33(20)31-13)24(35)32-7-5-15(6-8-32)23-27-19(12-36-23)22(34)26-17-4-3-16-11-25-28-18(16)10-17/h3-4,9-12,15H,5-8H2,1-2H3,(H,25,28)(H,26,34). The van der Waals surface area contributed by atoms with E-state index in [4.69, 9.17) is 0 Å². The molecule has 5 aromatic rings. The highest BCUT2D eigenvalue weighted by atomic mass is 32.1. The van der Waals surface area contributed by atoms with Crippen molar-refractivity contribution in [2.75, 3.05) is 18.4 Å². The number of piperidine rings is 1. The SMILES string of the molecule is Cc1cc2nnc(C(=O)N3CCC(c4nc(C(=O)Nc5ccc6cn[nH]c6c5)cs4)CC3)c(C)n2n1. The van der Waals surface area contributed by atoms with E-state index >= 15 is 0 Å². The molecule has 182 valence electrons. The number of benzene rings is 1. The van der Waals surface area contributed by atoms with Crippen molar-refractivity contribution < 1.29 is 9.59 Å². The van der Waals surface area contributed by atoms with Crippen molar-refractivity contribution >= 4 is 45.4 Å². The Morgan fingerprint density at radius 1 is 1.14 bits per heavy atom. The number of hydrogen-bond donors (Lipinski definition) is 2. The van der Waals surface area contributed by atoms with E-state index in [1.165, 1.54) is 11.3 Å². The normalized spacial score (nSPS) is 14.6. The third kappa shape index (κ3) is 3.98. The number of likely N-dealkylation sites (tertiary alicyclic amines) is 1. The monoisotopic (exact) mass is 501 g/mol. The second kappa shape index (κ2) is 8.79. The third-order valence-electron chi connectivity index (χ3n) is 6.51. The lowest BCUT2D eigenvalue weighted by Crippen LogP contribution is -2.39. The Morgan fingerprint density at radius 2 is 1.97 bits per heavy atom. The van der Waals surface area contributed by atoms with E-state index in [0.717, 1.165) is 34.4 Å². The number of H-pyrrole nitrogens is 1. The molecule has 2 N–H and O–H groups in total. The molecule has 5 heterocycles. The number of aryl methyl sites for hydroxylation is 2. The fourth-order valence-corrected chi connectivity index (χ4v) is 5.52. The molecule has 0 bridgehead atoms. The number of hydrogen-bond acceptors (Lipinski definition) is 8. The summed E-state index contributed by atoms with van der Waals surface area (Å²) in [5, 5.41) is 26.2. The van der Waals surface area contributed by atoms with Crippen LogP contribution in [0.15, 0.2) is 35.8 Å². The molecule has 1 aliphatic rings. The van der Waals surface area contributed by atoms with Crippen molar-refractivity contribution in [1.29, 1.82) is 0 Å². The summed E-state index contributed by atoms with van der Waals surface area (Å²) in [5.41, 5.74) is 4.40. The third-order valence-corrected chi connectivity index (χ3v) is 7.52. The summed E-state index contributed by atoms with van der Waals surface area (Å²) in [6, 6.07) is 7.42. The Labute approximate surface area is 209 Å². The molecule has 0 spiro atoms. The Bertz CT molecular complexity index is 1610. The van der Waals surface area contributed by atoms with Crippen LogP contribution in [0.4, 0.5) is 5.69 Å². The topological polar surface area (TPSA) is 134 Å². The van der Waals surface area contributed by atoms with Crippen LogP contribution in [-0.4, -0.2) is 64.8 Å². The number of thiazole rings is 1. The number of aromatic nitrogens is 7. The number of anilines is 1. The second-order valence-electron chi connectivity index (χ2n) is 8.95. The lowest BCUT2D eigenvalue weighted by molar-refractivity contribution is 0.0704. The van der Waals surface area contributed by atoms with Gasteiger partial charge in [0.15, 0.2) is 11.3 Å². The van der Waals surface area contributed by atoms with Crippen LogP contribution >= 0.6 is 11.3 Å². The molecule has 1 aromatic carbocycles. The first-order chi connectivity index (χ1) is 17.5. The van der Waals surface area contributed by atoms with E-state index in [1.54, 1.807) is 16.1 Å². The van der Waals surface area contributed by atoms with Crippen molar-refractivity contribution in [3.05, 3.63) is 63.6 Å². The molecule has 1 aliphatic heterocycles. The van der Waals surface area contributed by atoms with Gasteiger partial charge in [0.2, 0.25) is 0 Å². The summed E-state index contributed by atoms with van der Waals surface area (Å²) >= 11 is 1.49. The zero-order valence-electron chi connectivity index (χ0n) is 19.7. The second-order valence-corrected chi connectivity index (χ2v) is 9.84. The summed E-state index contributed by atoms with van der Waals surface area (Å²) in [6.45, 7) is 4.90. The number of carbonyl (C=O) groups excluding carboxylic acids is 2. The van der Waals surface area contributed by atoms with Crippen LogP contribution in [0.5, 0.6) is 0 Å². The lowest BCUT2D eigenvalue weighted by atomic mass is 9.97. The van der Waals surface area contributed by atoms with Crippen LogP contribution in [-0.2, 0) is 0 Å². The van der Waals surface area contributed by atoms with Gasteiger partial charge in [-0.15, -0.1) is 21.5 Å². The van der Waals surface area contributed by atoms with Crippen molar-refractivity contribution in [2.24, 2.45) is 0 Å². The largest absolute Gasteiger partial charge is 0.337 e. The van der Waals surface area contributed by atoms with E-state index in [1.807, 2.05) is 43.0 Å². The Balaban J connectivity index is 1.10. The van der Waals surface area contributed by atoms with Crippen molar-refractivity contribution in [3.63, 3.8) is 0 Å². The van der Waals surface area contributed by atoms with E-state index in [0.29, 0.717) is 41.5 Å². The van der Waals surface area contributed by atoms with Gasteiger partial charge in [-0.1, -0.05) is 0 Å². The number of fused-ring (bicyclic) bond motifs is 2. The molecule has 11 nitrogen and oxygen atoms in total. The quantitative estimate of drug-likeness (QED) is 0.386. The minimum absolute atomic E-state index is 0.137. The first-order valence-corrected chi connectivity index (χ1v) is 12.5. The fourth-order valence-electron chi connectivity index (χ4n) is 4.54. The van der Waals surface area contributed by atoms with Gasteiger partial charge in [-0.2, -0.15) is 10.2 Å². The average Bonchev–Trinajstić information content (AvgIpc) is 3.63. The molecule has 36 heavy (non-hydrogen) atoms. The van der Waals surface area contributed by atoms with Crippen LogP contribution in [0.25, 0.3) is 16.6 Å². The van der Waals surface area contributed by atoms with Gasteiger partial charge in [0, 0.05) is 41.5 Å². The molecule has 0 unspecified atom stereocenters. The first-order valence-electron chi connectivity index (χ1n) is 11.6. The van der Waals surface area contributed by atoms with Crippen LogP contribution in [0.2, 0.25) is 0 Å². The minimum atomic E-state index is -0.248. The highest BCUT2D eigenvalue weighted by Crippen LogP contribution is 2.31. The summed E-state index contributed by atoms with van der Waals surface area (Å²) in [6.07, 6.45) is 3.28. The highest BCUT2D eigenvalue weighted by molar-refractivity contribution is 7.10. The van der Waals surface area contributed by atoms with Crippen LogP contribution in [0, 0.1) is 13.8 Å². The van der Waals surface area contributed by atoms with Gasteiger partial charge in [-0.25, -0.2) is 9.50 Å². The van der Waals surface area contributed by atoms with Gasteiger partial charge in [-0.05, 0) is 44.9 Å². The molecule has 2 amide bonds. The van der Waals surface area contributed by atoms with Crippen LogP contribution in [0.3, 0.4) is 0 Å². The lowest BCUT2D eigenvalue weighted by Gasteiger charge is -2.31. The highest BCUT2D eigenvalue weighted by Gasteiger charge is 2.29. The molecule has 6 rings (SSSR count). The smallest absolute Gasteiger partial charge is 0.276 e. The molecule has 4 aromatic heterocycles. The molecule has 0 saturated carbocycles. The van der Waals surface area contributed by atoms with Gasteiger partial charge in [-0.3, -0.25) is 14.7 Å². The minimum Gasteiger partial charge on any atom is -0.337 e. The number of nitrogens with zero attached hydrogens (tertiary/aromatic N) is 7. The van der Waals surface area contributed by atoms with Crippen molar-refractivity contribution in [3.8, 4) is 0 Å². The zero-order valence-corrected chi connectivity index (χ0v) is 20.5. The molecule has 0 aliphatic carbocycles. The number of aromatic amines is 1. The predicted molar refractivity (Wildman–Crippen MR) is 134 cm³/mol. The molecule has 0 radical (unpaired) electrons. The van der Waals surface area contributed by atoms with Crippen LogP contribution in [0.1, 0.15) is 56.1 Å². The molecular weight excluding hydrogens is 478 g/mol. The summed E-state index contributed by atoms with van der Waals surface area (Å²) in [7, 11) is 0. The fraction of sp³-hybridized carbons (Fsp3) is 0.292. The van der Waals surface area contributed by atoms with Crippen molar-refractivity contribution in [2.45, 2.75) is 32.6 Å². The molecule has 12 heteroatoms. The zero-order chi connectivity index (χ0) is 24.8. The molecule has 1 saturated heterocycles. The summed E-state index contributed by atoms with van der Waals surface area (Å²) in [4.78, 5) is 32.3. The molecular formula is C24H23N9O2S. The number of nitrogens with one attached hydrogen (secondary N) is 2. The Morgan fingerprint density at radius 3 is 2.81 bits per heavy atom. The van der Waals surface area contributed by atoms with E-state index in [2.05, 4.69) is 35.8 Å². The summed E-state index contributed by atoms with van der Waals surface area (Å²) in [5.74, 6) is -0.186. The maximum Gasteiger partial charge on any atom is 0.276 e. The molecule has 0 atom stereocenters. The van der Waals surface area contributed by atoms with E-state index in [9.17, 15) is 9.59 Å². The van der Waals surface area contributed by atoms with E-state index in [-0.39, 0.29) is 17.7 Å². The summed E-state index contributed by atoms with van der Waals surface area (Å²) < 4.78 is 1.66. The predicted octanol–water partition coefficient (Wildman–Crippen LogP) is 3.35. The number of carbonyl (C=O) groups is 2. The van der Waals surface area contributed by atoms with Gasteiger partial charge in [0.1, 0.15) is 5.69 Å². The van der Waals surface area contributed by atoms with Gasteiger partial charge in [0.25, 0.3) is 11.8 Å². The maximum absolute atomic E-state index is 13.2. The van der Waals surface area contributed by atoms with Crippen LogP contribution < -0.4 is 5.32 Å². The number of amides is 2. The average molecular weight is 502 g/mol. The van der Waals surface area contributed by atoms with Gasteiger partial charge in [0.05, 0.1) is 28.1 Å². The molecule has 1 fully saturated rings. The maximum atomic E-state index is 13.2. The van der Waals surface area contributed by atoms with E-state index < -0.39 is 0 Å². The number of rotatable bonds is 4.